The van der Waals surface area contributed by atoms with Crippen LogP contribution >= 0.6 is 0 Å². The average Bonchev–Trinajstić information content (AvgIpc) is 3.27. The van der Waals surface area contributed by atoms with Gasteiger partial charge >= 0.3 is 0 Å². The molecule has 27 heavy (non-hydrogen) atoms. The average molecular weight is 389 g/mol. The maximum atomic E-state index is 12.6. The molecule has 1 amide bonds. The van der Waals surface area contributed by atoms with E-state index >= 15 is 0 Å². The molecule has 0 saturated carbocycles. The molecule has 2 N–H and O–H groups in total. The maximum absolute atomic E-state index is 12.6. The molecule has 0 aliphatic heterocycles. The zero-order valence-electron chi connectivity index (χ0n) is 15.1. The number of nitrogens with zero attached hydrogens (tertiary/aromatic N) is 3. The molecule has 3 aromatic heterocycles. The van der Waals surface area contributed by atoms with Crippen molar-refractivity contribution < 1.29 is 17.6 Å². The summed E-state index contributed by atoms with van der Waals surface area (Å²) in [6.07, 6.45) is 2.97. The first-order chi connectivity index (χ1) is 12.8. The van der Waals surface area contributed by atoms with E-state index in [0.29, 0.717) is 17.0 Å². The van der Waals surface area contributed by atoms with Crippen molar-refractivity contribution in [3.05, 3.63) is 53.7 Å². The normalized spacial score (nSPS) is 11.5. The monoisotopic (exact) mass is 389 g/mol. The number of pyridine rings is 1. The first-order valence-electron chi connectivity index (χ1n) is 8.05. The zero-order valence-corrected chi connectivity index (χ0v) is 15.9. The summed E-state index contributed by atoms with van der Waals surface area (Å²) >= 11 is 0. The molecule has 0 spiro atoms. The van der Waals surface area contributed by atoms with Crippen molar-refractivity contribution in [3.8, 4) is 11.5 Å². The van der Waals surface area contributed by atoms with Crippen LogP contribution in [-0.4, -0.2) is 48.5 Å². The topological polar surface area (TPSA) is 121 Å². The lowest BCUT2D eigenvalue weighted by Crippen LogP contribution is -2.23. The quantitative estimate of drug-likeness (QED) is 0.660. The molecule has 0 unspecified atom stereocenters. The van der Waals surface area contributed by atoms with Crippen LogP contribution in [0.15, 0.2) is 46.0 Å². The smallest absolute Gasteiger partial charge is 0.257 e. The van der Waals surface area contributed by atoms with Crippen molar-refractivity contribution in [1.82, 2.24) is 24.8 Å². The molecular formula is C17H19N5O4S. The molecule has 3 rings (SSSR count). The molecule has 142 valence electrons. The molecule has 3 aromatic rings. The van der Waals surface area contributed by atoms with Gasteiger partial charge in [-0.3, -0.25) is 14.9 Å². The van der Waals surface area contributed by atoms with Gasteiger partial charge < -0.3 is 9.32 Å². The van der Waals surface area contributed by atoms with Gasteiger partial charge in [0.15, 0.2) is 5.76 Å². The first kappa shape index (κ1) is 18.8. The molecule has 0 aliphatic rings. The number of hydrogen-bond donors (Lipinski definition) is 2. The van der Waals surface area contributed by atoms with E-state index < -0.39 is 10.0 Å². The van der Waals surface area contributed by atoms with Crippen LogP contribution in [0.3, 0.4) is 0 Å². The predicted octanol–water partition coefficient (Wildman–Crippen LogP) is 1.55. The fraction of sp³-hybridized carbons (Fsp3) is 0.235. The number of aromatic amines is 1. The lowest BCUT2D eigenvalue weighted by Gasteiger charge is -2.08. The molecule has 9 nitrogen and oxygen atoms in total. The van der Waals surface area contributed by atoms with Crippen LogP contribution in [0.4, 0.5) is 0 Å². The highest BCUT2D eigenvalue weighted by molar-refractivity contribution is 7.89. The van der Waals surface area contributed by atoms with Crippen molar-refractivity contribution in [2.75, 3.05) is 14.1 Å². The number of rotatable bonds is 6. The van der Waals surface area contributed by atoms with E-state index in [-0.39, 0.29) is 28.9 Å². The molecule has 3 heterocycles. The summed E-state index contributed by atoms with van der Waals surface area (Å²) < 4.78 is 33.4. The van der Waals surface area contributed by atoms with Crippen LogP contribution in [0.25, 0.3) is 11.5 Å². The predicted molar refractivity (Wildman–Crippen MR) is 97.3 cm³/mol. The van der Waals surface area contributed by atoms with E-state index in [1.165, 1.54) is 17.2 Å². The van der Waals surface area contributed by atoms with E-state index in [9.17, 15) is 13.2 Å². The van der Waals surface area contributed by atoms with E-state index in [4.69, 9.17) is 4.42 Å². The minimum absolute atomic E-state index is 0.00807. The summed E-state index contributed by atoms with van der Waals surface area (Å²) in [4.78, 5) is 17.7. The van der Waals surface area contributed by atoms with Crippen LogP contribution in [-0.2, 0) is 16.6 Å². The standard InChI is InChI=1S/C17H19N5O4S/c1-11-15(27(24,25)20-9-12-6-4-5-7-18-12)8-14(26-11)16-13(10-19-21-16)17(23)22(2)3/h4-8,10,20H,9H2,1-3H3,(H,19,21). The van der Waals surface area contributed by atoms with Gasteiger partial charge in [0.25, 0.3) is 5.91 Å². The number of amides is 1. The number of sulfonamides is 1. The number of aromatic nitrogens is 3. The Morgan fingerprint density at radius 3 is 2.78 bits per heavy atom. The first-order valence-corrected chi connectivity index (χ1v) is 9.53. The minimum Gasteiger partial charge on any atom is -0.458 e. The Balaban J connectivity index is 1.89. The van der Waals surface area contributed by atoms with Crippen molar-refractivity contribution in [3.63, 3.8) is 0 Å². The zero-order chi connectivity index (χ0) is 19.6. The Hall–Kier alpha value is -2.98. The van der Waals surface area contributed by atoms with Crippen LogP contribution in [0.1, 0.15) is 21.8 Å². The van der Waals surface area contributed by atoms with Crippen LogP contribution < -0.4 is 4.72 Å². The van der Waals surface area contributed by atoms with Crippen molar-refractivity contribution in [2.24, 2.45) is 0 Å². The number of furan rings is 1. The van der Waals surface area contributed by atoms with E-state index in [0.717, 1.165) is 0 Å². The molecule has 0 radical (unpaired) electrons. The Bertz CT molecular complexity index is 1050. The number of hydrogen-bond acceptors (Lipinski definition) is 6. The Labute approximate surface area is 156 Å². The number of carbonyl (C=O) groups is 1. The van der Waals surface area contributed by atoms with Gasteiger partial charge in [-0.15, -0.1) is 0 Å². The van der Waals surface area contributed by atoms with Gasteiger partial charge in [-0.2, -0.15) is 5.10 Å². The summed E-state index contributed by atoms with van der Waals surface area (Å²) in [7, 11) is -0.592. The van der Waals surface area contributed by atoms with Crippen LogP contribution in [0, 0.1) is 6.92 Å². The molecule has 0 atom stereocenters. The van der Waals surface area contributed by atoms with Crippen molar-refractivity contribution in [2.45, 2.75) is 18.4 Å². The Morgan fingerprint density at radius 1 is 1.33 bits per heavy atom. The third kappa shape index (κ3) is 3.91. The lowest BCUT2D eigenvalue weighted by atomic mass is 10.2. The van der Waals surface area contributed by atoms with Gasteiger partial charge in [0.05, 0.1) is 24.0 Å². The van der Waals surface area contributed by atoms with Crippen LogP contribution in [0.5, 0.6) is 0 Å². The Morgan fingerprint density at radius 2 is 2.11 bits per heavy atom. The minimum atomic E-state index is -3.82. The SMILES string of the molecule is Cc1oc(-c2[nH]ncc2C(=O)N(C)C)cc1S(=O)(=O)NCc1ccccn1. The molecule has 0 bridgehead atoms. The molecule has 0 aromatic carbocycles. The second-order valence-corrected chi connectivity index (χ2v) is 7.77. The van der Waals surface area contributed by atoms with E-state index in [1.807, 2.05) is 0 Å². The summed E-state index contributed by atoms with van der Waals surface area (Å²) in [5, 5.41) is 6.56. The van der Waals surface area contributed by atoms with Gasteiger partial charge in [0.1, 0.15) is 16.3 Å². The molecule has 0 fully saturated rings. The van der Waals surface area contributed by atoms with Crippen LogP contribution in [0.2, 0.25) is 0 Å². The van der Waals surface area contributed by atoms with Crippen molar-refractivity contribution in [1.29, 1.82) is 0 Å². The highest BCUT2D eigenvalue weighted by Gasteiger charge is 2.25. The third-order valence-electron chi connectivity index (χ3n) is 3.85. The third-order valence-corrected chi connectivity index (χ3v) is 5.36. The summed E-state index contributed by atoms with van der Waals surface area (Å²) in [5.74, 6) is 0.148. The van der Waals surface area contributed by atoms with E-state index in [2.05, 4.69) is 19.9 Å². The van der Waals surface area contributed by atoms with Gasteiger partial charge in [-0.25, -0.2) is 13.1 Å². The Kier molecular flexibility index (Phi) is 5.10. The van der Waals surface area contributed by atoms with Gasteiger partial charge in [-0.05, 0) is 19.1 Å². The number of carbonyl (C=O) groups excluding carboxylic acids is 1. The molecular weight excluding hydrogens is 370 g/mol. The summed E-state index contributed by atoms with van der Waals surface area (Å²) in [5.41, 5.74) is 1.21. The van der Waals surface area contributed by atoms with Gasteiger partial charge in [-0.1, -0.05) is 6.07 Å². The van der Waals surface area contributed by atoms with Gasteiger partial charge in [0.2, 0.25) is 10.0 Å². The second-order valence-electron chi connectivity index (χ2n) is 6.03. The van der Waals surface area contributed by atoms with Gasteiger partial charge in [0, 0.05) is 26.4 Å². The highest BCUT2D eigenvalue weighted by atomic mass is 32.2. The molecule has 0 aliphatic carbocycles. The number of H-pyrrole nitrogens is 1. The highest BCUT2D eigenvalue weighted by Crippen LogP contribution is 2.29. The molecule has 0 saturated heterocycles. The van der Waals surface area contributed by atoms with Crippen molar-refractivity contribution >= 4 is 15.9 Å². The second kappa shape index (κ2) is 7.33. The number of aryl methyl sites for hydroxylation is 1. The maximum Gasteiger partial charge on any atom is 0.257 e. The summed E-state index contributed by atoms with van der Waals surface area (Å²) in [6, 6.07) is 6.62. The number of nitrogens with one attached hydrogen (secondary N) is 2. The fourth-order valence-electron chi connectivity index (χ4n) is 2.48. The summed E-state index contributed by atoms with van der Waals surface area (Å²) in [6.45, 7) is 1.60. The molecule has 10 heteroatoms. The lowest BCUT2D eigenvalue weighted by molar-refractivity contribution is 0.0828. The fourth-order valence-corrected chi connectivity index (χ4v) is 3.66. The largest absolute Gasteiger partial charge is 0.458 e. The van der Waals surface area contributed by atoms with E-state index in [1.54, 1.807) is 45.4 Å².